The normalized spacial score (nSPS) is 12.6. The predicted molar refractivity (Wildman–Crippen MR) is 84.8 cm³/mol. The van der Waals surface area contributed by atoms with Crippen molar-refractivity contribution in [2.24, 2.45) is 0 Å². The van der Waals surface area contributed by atoms with Gasteiger partial charge >= 0.3 is 0 Å². The Morgan fingerprint density at radius 1 is 1.50 bits per heavy atom. The maximum Gasteiger partial charge on any atom is 0.203 e. The average Bonchev–Trinajstić information content (AvgIpc) is 2.97. The third-order valence-corrected chi connectivity index (χ3v) is 4.42. The maximum absolute atomic E-state index is 5.98. The molecule has 1 N–H and O–H groups in total. The third-order valence-electron chi connectivity index (χ3n) is 3.01. The van der Waals surface area contributed by atoms with E-state index in [1.165, 1.54) is 4.88 Å². The van der Waals surface area contributed by atoms with Crippen molar-refractivity contribution in [3.8, 4) is 0 Å². The number of nitrogens with one attached hydrogen (secondary N) is 1. The SMILES string of the molecule is COCCCn1cc(C)nc1NC(C)c1ccc(Cl)s1. The molecule has 0 aliphatic carbocycles. The second-order valence-electron chi connectivity index (χ2n) is 4.75. The fraction of sp³-hybridized carbons (Fsp3) is 0.500. The molecule has 2 aromatic heterocycles. The van der Waals surface area contributed by atoms with Crippen molar-refractivity contribution in [1.29, 1.82) is 0 Å². The number of aryl methyl sites for hydroxylation is 2. The molecule has 4 nitrogen and oxygen atoms in total. The third kappa shape index (κ3) is 3.98. The number of hydrogen-bond donors (Lipinski definition) is 1. The molecule has 0 saturated carbocycles. The molecule has 110 valence electrons. The Kier molecular flexibility index (Phi) is 5.46. The molecule has 0 saturated heterocycles. The standard InChI is InChI=1S/C14H20ClN3OS/c1-10-9-18(7-4-8-19-3)14(16-10)17-11(2)12-5-6-13(15)20-12/h5-6,9,11H,4,7-8H2,1-3H3,(H,16,17). The van der Waals surface area contributed by atoms with E-state index in [1.54, 1.807) is 18.4 Å². The Hall–Kier alpha value is -1.04. The van der Waals surface area contributed by atoms with Crippen molar-refractivity contribution in [3.63, 3.8) is 0 Å². The summed E-state index contributed by atoms with van der Waals surface area (Å²) in [6, 6.07) is 4.17. The first-order valence-electron chi connectivity index (χ1n) is 6.64. The molecule has 0 fully saturated rings. The van der Waals surface area contributed by atoms with Crippen LogP contribution in [0.3, 0.4) is 0 Å². The molecule has 1 unspecified atom stereocenters. The molecule has 2 heterocycles. The molecule has 1 atom stereocenters. The highest BCUT2D eigenvalue weighted by Gasteiger charge is 2.12. The summed E-state index contributed by atoms with van der Waals surface area (Å²) >= 11 is 7.58. The van der Waals surface area contributed by atoms with E-state index < -0.39 is 0 Å². The quantitative estimate of drug-likeness (QED) is 0.782. The smallest absolute Gasteiger partial charge is 0.203 e. The first kappa shape index (κ1) is 15.4. The second kappa shape index (κ2) is 7.11. The van der Waals surface area contributed by atoms with Gasteiger partial charge in [-0.15, -0.1) is 11.3 Å². The topological polar surface area (TPSA) is 39.1 Å². The largest absolute Gasteiger partial charge is 0.385 e. The highest BCUT2D eigenvalue weighted by Crippen LogP contribution is 2.28. The lowest BCUT2D eigenvalue weighted by molar-refractivity contribution is 0.190. The first-order chi connectivity index (χ1) is 9.60. The van der Waals surface area contributed by atoms with Gasteiger partial charge in [-0.1, -0.05) is 11.6 Å². The molecule has 20 heavy (non-hydrogen) atoms. The number of methoxy groups -OCH3 is 1. The summed E-state index contributed by atoms with van der Waals surface area (Å²) in [4.78, 5) is 5.75. The van der Waals surface area contributed by atoms with Gasteiger partial charge in [-0.05, 0) is 32.4 Å². The lowest BCUT2D eigenvalue weighted by Crippen LogP contribution is -2.11. The second-order valence-corrected chi connectivity index (χ2v) is 6.50. The Morgan fingerprint density at radius 3 is 2.95 bits per heavy atom. The van der Waals surface area contributed by atoms with E-state index in [9.17, 15) is 0 Å². The van der Waals surface area contributed by atoms with Crippen molar-refractivity contribution in [1.82, 2.24) is 9.55 Å². The molecule has 0 radical (unpaired) electrons. The molecular formula is C14H20ClN3OS. The fourth-order valence-corrected chi connectivity index (χ4v) is 3.10. The van der Waals surface area contributed by atoms with Gasteiger partial charge in [-0.2, -0.15) is 0 Å². The Morgan fingerprint density at radius 2 is 2.30 bits per heavy atom. The molecule has 0 aliphatic rings. The van der Waals surface area contributed by atoms with Crippen molar-refractivity contribution in [2.45, 2.75) is 32.9 Å². The van der Waals surface area contributed by atoms with E-state index in [0.717, 1.165) is 35.6 Å². The molecule has 2 aromatic rings. The van der Waals surface area contributed by atoms with Crippen molar-refractivity contribution in [2.75, 3.05) is 19.0 Å². The molecule has 0 bridgehead atoms. The van der Waals surface area contributed by atoms with E-state index in [-0.39, 0.29) is 6.04 Å². The van der Waals surface area contributed by atoms with Crippen LogP contribution in [0, 0.1) is 6.92 Å². The van der Waals surface area contributed by atoms with Crippen LogP contribution in [-0.2, 0) is 11.3 Å². The van der Waals surface area contributed by atoms with Crippen LogP contribution in [0.25, 0.3) is 0 Å². The number of halogens is 1. The number of thiophene rings is 1. The van der Waals surface area contributed by atoms with Crippen LogP contribution in [0.15, 0.2) is 18.3 Å². The van der Waals surface area contributed by atoms with Crippen molar-refractivity contribution in [3.05, 3.63) is 33.2 Å². The van der Waals surface area contributed by atoms with Gasteiger partial charge in [0.05, 0.1) is 16.1 Å². The van der Waals surface area contributed by atoms with E-state index in [1.807, 2.05) is 13.0 Å². The highest BCUT2D eigenvalue weighted by atomic mass is 35.5. The number of anilines is 1. The summed E-state index contributed by atoms with van der Waals surface area (Å²) in [7, 11) is 1.72. The molecule has 0 amide bonds. The number of rotatable bonds is 7. The van der Waals surface area contributed by atoms with Crippen LogP contribution in [0.2, 0.25) is 4.34 Å². The maximum atomic E-state index is 5.98. The zero-order chi connectivity index (χ0) is 14.5. The van der Waals surface area contributed by atoms with Crippen molar-refractivity contribution < 1.29 is 4.74 Å². The summed E-state index contributed by atoms with van der Waals surface area (Å²) in [6.07, 6.45) is 3.03. The van der Waals surface area contributed by atoms with Gasteiger partial charge in [-0.25, -0.2) is 4.98 Å². The Balaban J connectivity index is 2.04. The number of hydrogen-bond acceptors (Lipinski definition) is 4. The summed E-state index contributed by atoms with van der Waals surface area (Å²) in [5.74, 6) is 0.899. The van der Waals surface area contributed by atoms with E-state index in [2.05, 4.69) is 34.1 Å². The molecule has 6 heteroatoms. The molecular weight excluding hydrogens is 294 g/mol. The minimum atomic E-state index is 0.190. The number of aromatic nitrogens is 2. The van der Waals surface area contributed by atoms with Crippen LogP contribution in [0.4, 0.5) is 5.95 Å². The molecule has 0 aromatic carbocycles. The Bertz CT molecular complexity index is 552. The summed E-state index contributed by atoms with van der Waals surface area (Å²) in [5, 5.41) is 3.45. The van der Waals surface area contributed by atoms with Crippen LogP contribution < -0.4 is 5.32 Å². The van der Waals surface area contributed by atoms with Crippen LogP contribution in [0.1, 0.15) is 30.0 Å². The molecule has 0 spiro atoms. The van der Waals surface area contributed by atoms with Crippen LogP contribution in [-0.4, -0.2) is 23.3 Å². The monoisotopic (exact) mass is 313 g/mol. The van der Waals surface area contributed by atoms with Gasteiger partial charge in [0.2, 0.25) is 5.95 Å². The average molecular weight is 314 g/mol. The van der Waals surface area contributed by atoms with E-state index in [0.29, 0.717) is 0 Å². The van der Waals surface area contributed by atoms with Gasteiger partial charge in [-0.3, -0.25) is 0 Å². The summed E-state index contributed by atoms with van der Waals surface area (Å²) < 4.78 is 8.05. The molecule has 0 aliphatic heterocycles. The zero-order valence-corrected chi connectivity index (χ0v) is 13.6. The van der Waals surface area contributed by atoms with Crippen LogP contribution >= 0.6 is 22.9 Å². The number of imidazole rings is 1. The summed E-state index contributed by atoms with van der Waals surface area (Å²) in [6.45, 7) is 5.78. The minimum absolute atomic E-state index is 0.190. The number of nitrogens with zero attached hydrogens (tertiary/aromatic N) is 2. The van der Waals surface area contributed by atoms with Gasteiger partial charge in [0, 0.05) is 31.3 Å². The van der Waals surface area contributed by atoms with Crippen molar-refractivity contribution >= 4 is 28.9 Å². The number of ether oxygens (including phenoxy) is 1. The van der Waals surface area contributed by atoms with Gasteiger partial charge in [0.15, 0.2) is 0 Å². The Labute approximate surface area is 128 Å². The van der Waals surface area contributed by atoms with E-state index >= 15 is 0 Å². The van der Waals surface area contributed by atoms with Crippen LogP contribution in [0.5, 0.6) is 0 Å². The van der Waals surface area contributed by atoms with Gasteiger partial charge in [0.1, 0.15) is 0 Å². The molecule has 2 rings (SSSR count). The highest BCUT2D eigenvalue weighted by molar-refractivity contribution is 7.16. The van der Waals surface area contributed by atoms with Gasteiger partial charge in [0.25, 0.3) is 0 Å². The lowest BCUT2D eigenvalue weighted by atomic mass is 10.3. The van der Waals surface area contributed by atoms with E-state index in [4.69, 9.17) is 16.3 Å². The zero-order valence-electron chi connectivity index (χ0n) is 12.0. The first-order valence-corrected chi connectivity index (χ1v) is 7.84. The predicted octanol–water partition coefficient (Wildman–Crippen LogP) is 4.12. The fourth-order valence-electron chi connectivity index (χ4n) is 2.04. The lowest BCUT2D eigenvalue weighted by Gasteiger charge is -2.14. The minimum Gasteiger partial charge on any atom is -0.385 e. The van der Waals surface area contributed by atoms with Gasteiger partial charge < -0.3 is 14.6 Å². The summed E-state index contributed by atoms with van der Waals surface area (Å²) in [5.41, 5.74) is 1.02.